The van der Waals surface area contributed by atoms with E-state index in [2.05, 4.69) is 25.7 Å². The maximum atomic E-state index is 10.7. The van der Waals surface area contributed by atoms with Crippen LogP contribution in [0.1, 0.15) is 130 Å². The van der Waals surface area contributed by atoms with Gasteiger partial charge in [0.05, 0.1) is 0 Å². The summed E-state index contributed by atoms with van der Waals surface area (Å²) in [4.78, 5) is 13.5. The Morgan fingerprint density at radius 2 is 1.19 bits per heavy atom. The highest BCUT2D eigenvalue weighted by Gasteiger charge is 2.16. The Kier molecular flexibility index (Phi) is 19.7. The van der Waals surface area contributed by atoms with Gasteiger partial charge in [-0.3, -0.25) is 4.79 Å². The zero-order chi connectivity index (χ0) is 20.2. The third kappa shape index (κ3) is 17.3. The first kappa shape index (κ1) is 26.4. The number of hydrogen-bond acceptors (Lipinski definition) is 2. The Hall–Kier alpha value is -0.570. The minimum Gasteiger partial charge on any atom is -0.481 e. The number of hydrogen-bond donors (Lipinski definition) is 1. The van der Waals surface area contributed by atoms with Gasteiger partial charge in [-0.05, 0) is 45.2 Å². The van der Waals surface area contributed by atoms with Crippen molar-refractivity contribution < 1.29 is 9.90 Å². The molecule has 0 aliphatic rings. The molecule has 0 rings (SSSR count). The molecule has 0 aliphatic carbocycles. The summed E-state index contributed by atoms with van der Waals surface area (Å²) in [6.45, 7) is 9.32. The van der Waals surface area contributed by atoms with Crippen LogP contribution in [-0.4, -0.2) is 35.1 Å². The minimum absolute atomic E-state index is 0.325. The second-order valence-corrected chi connectivity index (χ2v) is 8.27. The van der Waals surface area contributed by atoms with Gasteiger partial charge in [-0.15, -0.1) is 0 Å². The highest BCUT2D eigenvalue weighted by atomic mass is 16.4. The van der Waals surface area contributed by atoms with Crippen molar-refractivity contribution in [1.82, 2.24) is 4.90 Å². The quantitative estimate of drug-likeness (QED) is 0.209. The topological polar surface area (TPSA) is 40.5 Å². The van der Waals surface area contributed by atoms with Gasteiger partial charge in [0.25, 0.3) is 0 Å². The molecule has 1 atom stereocenters. The molecule has 0 amide bonds. The molecule has 0 spiro atoms. The number of aliphatic carboxylic acids is 1. The first-order valence-corrected chi connectivity index (χ1v) is 12.1. The monoisotopic (exact) mass is 383 g/mol. The van der Waals surface area contributed by atoms with E-state index >= 15 is 0 Å². The van der Waals surface area contributed by atoms with E-state index in [0.29, 0.717) is 12.5 Å². The summed E-state index contributed by atoms with van der Waals surface area (Å²) >= 11 is 0. The average molecular weight is 384 g/mol. The molecular formula is C24H49NO2. The lowest BCUT2D eigenvalue weighted by molar-refractivity contribution is -0.137. The maximum absolute atomic E-state index is 10.7. The van der Waals surface area contributed by atoms with Crippen molar-refractivity contribution in [2.24, 2.45) is 0 Å². The van der Waals surface area contributed by atoms with Crippen molar-refractivity contribution in [3.63, 3.8) is 0 Å². The zero-order valence-corrected chi connectivity index (χ0v) is 18.8. The fourth-order valence-electron chi connectivity index (χ4n) is 3.97. The molecule has 3 heteroatoms. The molecule has 0 saturated carbocycles. The highest BCUT2D eigenvalue weighted by molar-refractivity contribution is 5.66. The van der Waals surface area contributed by atoms with Gasteiger partial charge in [-0.1, -0.05) is 91.4 Å². The molecule has 0 heterocycles. The van der Waals surface area contributed by atoms with E-state index in [4.69, 9.17) is 5.11 Å². The fourth-order valence-corrected chi connectivity index (χ4v) is 3.97. The lowest BCUT2D eigenvalue weighted by Gasteiger charge is -2.31. The van der Waals surface area contributed by atoms with Crippen molar-refractivity contribution in [1.29, 1.82) is 0 Å². The van der Waals surface area contributed by atoms with E-state index in [1.807, 2.05) is 0 Å². The van der Waals surface area contributed by atoms with Crippen LogP contribution in [0.4, 0.5) is 0 Å². The number of carboxylic acids is 1. The normalized spacial score (nSPS) is 12.6. The summed E-state index contributed by atoms with van der Waals surface area (Å²) in [5, 5.41) is 8.84. The Morgan fingerprint density at radius 3 is 1.63 bits per heavy atom. The van der Waals surface area contributed by atoms with Gasteiger partial charge in [0.1, 0.15) is 0 Å². The maximum Gasteiger partial charge on any atom is 0.303 e. The van der Waals surface area contributed by atoms with Gasteiger partial charge in [0.2, 0.25) is 0 Å². The number of rotatable bonds is 21. The molecule has 0 saturated heterocycles. The Morgan fingerprint density at radius 1 is 0.704 bits per heavy atom. The molecule has 0 bridgehead atoms. The Bertz CT molecular complexity index is 304. The van der Waals surface area contributed by atoms with E-state index in [0.717, 1.165) is 19.3 Å². The lowest BCUT2D eigenvalue weighted by Crippen LogP contribution is -2.36. The number of carbonyl (C=O) groups is 1. The molecule has 0 aliphatic heterocycles. The molecule has 0 aromatic carbocycles. The van der Waals surface area contributed by atoms with Gasteiger partial charge in [0.15, 0.2) is 0 Å². The van der Waals surface area contributed by atoms with Crippen LogP contribution < -0.4 is 0 Å². The lowest BCUT2D eigenvalue weighted by atomic mass is 10.0. The molecule has 27 heavy (non-hydrogen) atoms. The largest absolute Gasteiger partial charge is 0.481 e. The van der Waals surface area contributed by atoms with E-state index in [9.17, 15) is 4.79 Å². The SMILES string of the molecule is CCCCCCCCN(CCCCCCCC)C(CC)CCCCC(=O)O. The predicted octanol–water partition coefficient (Wildman–Crippen LogP) is 7.43. The molecule has 162 valence electrons. The highest BCUT2D eigenvalue weighted by Crippen LogP contribution is 2.17. The number of nitrogens with zero attached hydrogens (tertiary/aromatic N) is 1. The Balaban J connectivity index is 4.24. The van der Waals surface area contributed by atoms with Crippen LogP contribution in [-0.2, 0) is 4.79 Å². The summed E-state index contributed by atoms with van der Waals surface area (Å²) in [6.07, 6.45) is 20.9. The van der Waals surface area contributed by atoms with Crippen LogP contribution in [0.5, 0.6) is 0 Å². The molecule has 1 unspecified atom stereocenters. The fraction of sp³-hybridized carbons (Fsp3) is 0.958. The first-order chi connectivity index (χ1) is 13.2. The minimum atomic E-state index is -0.654. The number of carboxylic acid groups (broad SMARTS) is 1. The van der Waals surface area contributed by atoms with Crippen LogP contribution in [0.25, 0.3) is 0 Å². The second-order valence-electron chi connectivity index (χ2n) is 8.27. The van der Waals surface area contributed by atoms with Gasteiger partial charge < -0.3 is 10.0 Å². The molecule has 0 fully saturated rings. The van der Waals surface area contributed by atoms with Crippen LogP contribution in [0.15, 0.2) is 0 Å². The van der Waals surface area contributed by atoms with Crippen LogP contribution in [0, 0.1) is 0 Å². The smallest absolute Gasteiger partial charge is 0.303 e. The van der Waals surface area contributed by atoms with Gasteiger partial charge in [-0.2, -0.15) is 0 Å². The van der Waals surface area contributed by atoms with Crippen molar-refractivity contribution in [2.45, 2.75) is 136 Å². The van der Waals surface area contributed by atoms with E-state index in [1.165, 1.54) is 96.6 Å². The van der Waals surface area contributed by atoms with Crippen LogP contribution >= 0.6 is 0 Å². The second kappa shape index (κ2) is 20.2. The van der Waals surface area contributed by atoms with Crippen LogP contribution in [0.2, 0.25) is 0 Å². The summed E-state index contributed by atoms with van der Waals surface area (Å²) in [6, 6.07) is 0.644. The van der Waals surface area contributed by atoms with E-state index in [-0.39, 0.29) is 0 Å². The zero-order valence-electron chi connectivity index (χ0n) is 18.8. The van der Waals surface area contributed by atoms with Crippen molar-refractivity contribution in [2.75, 3.05) is 13.1 Å². The first-order valence-electron chi connectivity index (χ1n) is 12.1. The van der Waals surface area contributed by atoms with Crippen molar-refractivity contribution >= 4 is 5.97 Å². The third-order valence-corrected chi connectivity index (χ3v) is 5.76. The summed E-state index contributed by atoms with van der Waals surface area (Å²) in [5.74, 6) is -0.654. The molecule has 0 aromatic heterocycles. The van der Waals surface area contributed by atoms with Crippen molar-refractivity contribution in [3.05, 3.63) is 0 Å². The van der Waals surface area contributed by atoms with Crippen molar-refractivity contribution in [3.8, 4) is 0 Å². The third-order valence-electron chi connectivity index (χ3n) is 5.76. The van der Waals surface area contributed by atoms with Gasteiger partial charge >= 0.3 is 5.97 Å². The van der Waals surface area contributed by atoms with Gasteiger partial charge in [0, 0.05) is 12.5 Å². The predicted molar refractivity (Wildman–Crippen MR) is 119 cm³/mol. The molecule has 3 nitrogen and oxygen atoms in total. The summed E-state index contributed by atoms with van der Waals surface area (Å²) in [5.41, 5.74) is 0. The van der Waals surface area contributed by atoms with Crippen LogP contribution in [0.3, 0.4) is 0 Å². The molecule has 1 N–H and O–H groups in total. The van der Waals surface area contributed by atoms with Gasteiger partial charge in [-0.25, -0.2) is 0 Å². The number of unbranched alkanes of at least 4 members (excludes halogenated alkanes) is 11. The molecular weight excluding hydrogens is 334 g/mol. The molecule has 0 aromatic rings. The van der Waals surface area contributed by atoms with E-state index < -0.39 is 5.97 Å². The molecule has 0 radical (unpaired) electrons. The summed E-state index contributed by atoms with van der Waals surface area (Å²) in [7, 11) is 0. The van der Waals surface area contributed by atoms with E-state index in [1.54, 1.807) is 0 Å². The standard InChI is InChI=1S/C24H49NO2/c1-4-7-9-11-13-17-21-25(22-18-14-12-10-8-5-2)23(6-3)19-15-16-20-24(26)27/h23H,4-22H2,1-3H3,(H,26,27). The Labute approximate surface area is 170 Å². The summed E-state index contributed by atoms with van der Waals surface area (Å²) < 4.78 is 0. The average Bonchev–Trinajstić information content (AvgIpc) is 2.66.